The van der Waals surface area contributed by atoms with Crippen LogP contribution in [0.5, 0.6) is 0 Å². The Hall–Kier alpha value is -2.10. The molecule has 10 heteroatoms. The third-order valence-corrected chi connectivity index (χ3v) is 6.71. The fourth-order valence-electron chi connectivity index (χ4n) is 3.02. The van der Waals surface area contributed by atoms with E-state index in [1.165, 1.54) is 4.90 Å². The first-order valence-corrected chi connectivity index (χ1v) is 13.0. The number of nitrogens with one attached hydrogen (secondary N) is 1. The van der Waals surface area contributed by atoms with Crippen LogP contribution in [0.25, 0.3) is 0 Å². The van der Waals surface area contributed by atoms with Crippen LogP contribution in [0.1, 0.15) is 26.3 Å². The molecule has 0 aromatic heterocycles. The summed E-state index contributed by atoms with van der Waals surface area (Å²) in [7, 11) is -3.77. The number of sulfonamides is 1. The van der Waals surface area contributed by atoms with Gasteiger partial charge in [0.05, 0.1) is 11.9 Å². The zero-order chi connectivity index (χ0) is 24.1. The maximum absolute atomic E-state index is 13.4. The number of para-hydroxylation sites is 1. The topological polar surface area (TPSA) is 86.8 Å². The van der Waals surface area contributed by atoms with Crippen LogP contribution in [-0.4, -0.2) is 50.0 Å². The summed E-state index contributed by atoms with van der Waals surface area (Å²) in [4.78, 5) is 27.4. The molecular weight excluding hydrogens is 518 g/mol. The first-order valence-electron chi connectivity index (χ1n) is 9.96. The third kappa shape index (κ3) is 7.21. The van der Waals surface area contributed by atoms with Crippen molar-refractivity contribution in [2.45, 2.75) is 39.4 Å². The van der Waals surface area contributed by atoms with Crippen molar-refractivity contribution in [3.05, 3.63) is 63.6 Å². The number of amides is 2. The molecule has 0 heterocycles. The van der Waals surface area contributed by atoms with E-state index in [-0.39, 0.29) is 18.5 Å². The SMILES string of the molecule is CC(C)NC(=O)C(C)N(Cc1ccc(Cl)cc1)C(=O)CN(c1ccccc1Br)S(C)(=O)=O. The fraction of sp³-hybridized carbons (Fsp3) is 0.364. The van der Waals surface area contributed by atoms with Crippen LogP contribution in [-0.2, 0) is 26.2 Å². The van der Waals surface area contributed by atoms with Gasteiger partial charge in [-0.15, -0.1) is 0 Å². The number of rotatable bonds is 9. The second-order valence-corrected chi connectivity index (χ2v) is 10.9. The summed E-state index contributed by atoms with van der Waals surface area (Å²) in [6.07, 6.45) is 1.04. The van der Waals surface area contributed by atoms with Gasteiger partial charge >= 0.3 is 0 Å². The lowest BCUT2D eigenvalue weighted by atomic mass is 10.1. The molecule has 32 heavy (non-hydrogen) atoms. The molecule has 0 aliphatic rings. The number of hydrogen-bond acceptors (Lipinski definition) is 4. The Labute approximate surface area is 202 Å². The molecule has 2 rings (SSSR count). The Kier molecular flexibility index (Phi) is 9.12. The van der Waals surface area contributed by atoms with E-state index in [2.05, 4.69) is 21.2 Å². The molecule has 0 bridgehead atoms. The summed E-state index contributed by atoms with van der Waals surface area (Å²) in [6.45, 7) is 4.95. The molecule has 0 aliphatic heterocycles. The minimum atomic E-state index is -3.77. The molecule has 0 aliphatic carbocycles. The minimum Gasteiger partial charge on any atom is -0.352 e. The molecular formula is C22H27BrClN3O4S. The first kappa shape index (κ1) is 26.2. The second-order valence-electron chi connectivity index (χ2n) is 7.71. The van der Waals surface area contributed by atoms with Gasteiger partial charge in [0.25, 0.3) is 0 Å². The predicted molar refractivity (Wildman–Crippen MR) is 131 cm³/mol. The number of nitrogens with zero attached hydrogens (tertiary/aromatic N) is 2. The van der Waals surface area contributed by atoms with Gasteiger partial charge in [-0.25, -0.2) is 8.42 Å². The molecule has 2 aromatic carbocycles. The average Bonchev–Trinajstić information content (AvgIpc) is 2.70. The van der Waals surface area contributed by atoms with Gasteiger partial charge in [-0.05, 0) is 66.5 Å². The number of anilines is 1. The van der Waals surface area contributed by atoms with Crippen molar-refractivity contribution in [2.24, 2.45) is 0 Å². The molecule has 0 saturated carbocycles. The standard InChI is InChI=1S/C22H27BrClN3O4S/c1-15(2)25-22(29)16(3)26(13-17-9-11-18(24)12-10-17)21(28)14-27(32(4,30)31)20-8-6-5-7-19(20)23/h5-12,15-16H,13-14H2,1-4H3,(H,25,29). The van der Waals surface area contributed by atoms with Gasteiger partial charge in [0.1, 0.15) is 12.6 Å². The molecule has 1 unspecified atom stereocenters. The molecule has 1 N–H and O–H groups in total. The normalized spacial score (nSPS) is 12.3. The first-order chi connectivity index (χ1) is 14.9. The lowest BCUT2D eigenvalue weighted by Gasteiger charge is -2.32. The van der Waals surface area contributed by atoms with Crippen molar-refractivity contribution < 1.29 is 18.0 Å². The molecule has 2 amide bonds. The van der Waals surface area contributed by atoms with E-state index < -0.39 is 28.5 Å². The molecule has 0 radical (unpaired) electrons. The molecule has 1 atom stereocenters. The van der Waals surface area contributed by atoms with Gasteiger partial charge in [-0.1, -0.05) is 35.9 Å². The summed E-state index contributed by atoms with van der Waals surface area (Å²) in [5, 5.41) is 3.35. The maximum atomic E-state index is 13.4. The largest absolute Gasteiger partial charge is 0.352 e. The predicted octanol–water partition coefficient (Wildman–Crippen LogP) is 3.81. The molecule has 7 nitrogen and oxygen atoms in total. The van der Waals surface area contributed by atoms with Gasteiger partial charge in [0.2, 0.25) is 21.8 Å². The van der Waals surface area contributed by atoms with Gasteiger partial charge in [0, 0.05) is 22.1 Å². The van der Waals surface area contributed by atoms with E-state index in [1.807, 2.05) is 13.8 Å². The number of benzene rings is 2. The van der Waals surface area contributed by atoms with Crippen LogP contribution in [0, 0.1) is 0 Å². The summed E-state index contributed by atoms with van der Waals surface area (Å²) in [6, 6.07) is 12.7. The summed E-state index contributed by atoms with van der Waals surface area (Å²) >= 11 is 9.31. The van der Waals surface area contributed by atoms with Gasteiger partial charge < -0.3 is 10.2 Å². The monoisotopic (exact) mass is 543 g/mol. The number of carbonyl (C=O) groups is 2. The number of hydrogen-bond donors (Lipinski definition) is 1. The van der Waals surface area contributed by atoms with Crippen molar-refractivity contribution in [1.82, 2.24) is 10.2 Å². The summed E-state index contributed by atoms with van der Waals surface area (Å²) < 4.78 is 26.6. The lowest BCUT2D eigenvalue weighted by molar-refractivity contribution is -0.139. The average molecular weight is 545 g/mol. The second kappa shape index (κ2) is 11.2. The van der Waals surface area contributed by atoms with Crippen LogP contribution >= 0.6 is 27.5 Å². The molecule has 0 fully saturated rings. The van der Waals surface area contributed by atoms with Crippen molar-refractivity contribution in [2.75, 3.05) is 17.1 Å². The quantitative estimate of drug-likeness (QED) is 0.520. The minimum absolute atomic E-state index is 0.106. The smallest absolute Gasteiger partial charge is 0.244 e. The summed E-state index contributed by atoms with van der Waals surface area (Å²) in [5.74, 6) is -0.832. The van der Waals surface area contributed by atoms with Crippen LogP contribution in [0.15, 0.2) is 53.0 Å². The molecule has 174 valence electrons. The zero-order valence-corrected chi connectivity index (χ0v) is 21.5. The number of carbonyl (C=O) groups excluding carboxylic acids is 2. The highest BCUT2D eigenvalue weighted by Gasteiger charge is 2.30. The highest BCUT2D eigenvalue weighted by atomic mass is 79.9. The van der Waals surface area contributed by atoms with Gasteiger partial charge in [0.15, 0.2) is 0 Å². The van der Waals surface area contributed by atoms with E-state index in [9.17, 15) is 18.0 Å². The van der Waals surface area contributed by atoms with Crippen molar-refractivity contribution >= 4 is 55.1 Å². The fourth-order valence-corrected chi connectivity index (χ4v) is 4.63. The van der Waals surface area contributed by atoms with E-state index >= 15 is 0 Å². The van der Waals surface area contributed by atoms with Crippen molar-refractivity contribution in [3.8, 4) is 0 Å². The Bertz CT molecular complexity index is 1060. The van der Waals surface area contributed by atoms with Crippen LogP contribution < -0.4 is 9.62 Å². The molecule has 2 aromatic rings. The van der Waals surface area contributed by atoms with E-state index in [0.29, 0.717) is 15.2 Å². The van der Waals surface area contributed by atoms with E-state index in [0.717, 1.165) is 16.1 Å². The van der Waals surface area contributed by atoms with E-state index in [4.69, 9.17) is 11.6 Å². The molecule has 0 saturated heterocycles. The van der Waals surface area contributed by atoms with Gasteiger partial charge in [-0.2, -0.15) is 0 Å². The highest BCUT2D eigenvalue weighted by Crippen LogP contribution is 2.28. The number of halogens is 2. The van der Waals surface area contributed by atoms with Crippen LogP contribution in [0.2, 0.25) is 5.02 Å². The maximum Gasteiger partial charge on any atom is 0.244 e. The Balaban J connectivity index is 2.39. The third-order valence-electron chi connectivity index (χ3n) is 4.66. The van der Waals surface area contributed by atoms with Gasteiger partial charge in [-0.3, -0.25) is 13.9 Å². The van der Waals surface area contributed by atoms with E-state index in [1.54, 1.807) is 55.5 Å². The lowest BCUT2D eigenvalue weighted by Crippen LogP contribution is -2.52. The Morgan fingerprint density at radius 2 is 1.66 bits per heavy atom. The Morgan fingerprint density at radius 1 is 1.06 bits per heavy atom. The zero-order valence-electron chi connectivity index (χ0n) is 18.4. The van der Waals surface area contributed by atoms with Crippen molar-refractivity contribution in [3.63, 3.8) is 0 Å². The van der Waals surface area contributed by atoms with Crippen LogP contribution in [0.3, 0.4) is 0 Å². The van der Waals surface area contributed by atoms with Crippen molar-refractivity contribution in [1.29, 1.82) is 0 Å². The summed E-state index contributed by atoms with van der Waals surface area (Å²) in [5.41, 5.74) is 1.10. The highest BCUT2D eigenvalue weighted by molar-refractivity contribution is 9.10. The van der Waals surface area contributed by atoms with Crippen LogP contribution in [0.4, 0.5) is 5.69 Å². The molecule has 0 spiro atoms. The Morgan fingerprint density at radius 3 is 2.19 bits per heavy atom.